The maximum Gasteiger partial charge on any atom is 0.197 e. The molecule has 148 valence electrons. The van der Waals surface area contributed by atoms with Gasteiger partial charge in [-0.1, -0.05) is 6.07 Å². The molecule has 0 unspecified atom stereocenters. The van der Waals surface area contributed by atoms with Crippen molar-refractivity contribution in [3.05, 3.63) is 53.8 Å². The summed E-state index contributed by atoms with van der Waals surface area (Å²) in [5, 5.41) is 9.35. The molecule has 0 bridgehead atoms. The standard InChI is InChI=1S/C22H24FNO4/c1-27-21-4-2-3-19(23)22(21)28-18-9-15-11-24(12-16(15)10-18)13-20(26)14-5-7-17(25)8-6-14/h2-8,15-16,18,25H,9-13H2,1H3/t15-,16+,18+. The molecule has 1 aliphatic heterocycles. The average molecular weight is 385 g/mol. The largest absolute Gasteiger partial charge is 0.508 e. The molecule has 1 aliphatic carbocycles. The van der Waals surface area contributed by atoms with Crippen LogP contribution in [0.3, 0.4) is 0 Å². The van der Waals surface area contributed by atoms with Crippen molar-refractivity contribution in [2.75, 3.05) is 26.7 Å². The molecule has 6 heteroatoms. The first-order valence-corrected chi connectivity index (χ1v) is 9.57. The fraction of sp³-hybridized carbons (Fsp3) is 0.409. The number of likely N-dealkylation sites (tertiary alicyclic amines) is 1. The van der Waals surface area contributed by atoms with Crippen molar-refractivity contribution in [2.24, 2.45) is 11.8 Å². The van der Waals surface area contributed by atoms with E-state index in [0.717, 1.165) is 25.9 Å². The average Bonchev–Trinajstić information content (AvgIpc) is 3.21. The Balaban J connectivity index is 1.32. The Labute approximate surface area is 163 Å². The number of phenolic OH excluding ortho intramolecular Hbond substituents is 1. The number of benzene rings is 2. The van der Waals surface area contributed by atoms with Gasteiger partial charge in [0.1, 0.15) is 5.75 Å². The molecule has 2 fully saturated rings. The second kappa shape index (κ2) is 7.80. The Bertz CT molecular complexity index is 840. The first-order valence-electron chi connectivity index (χ1n) is 9.57. The van der Waals surface area contributed by atoms with E-state index >= 15 is 0 Å². The summed E-state index contributed by atoms with van der Waals surface area (Å²) in [6.45, 7) is 2.08. The Morgan fingerprint density at radius 3 is 2.46 bits per heavy atom. The monoisotopic (exact) mass is 385 g/mol. The van der Waals surface area contributed by atoms with Crippen LogP contribution in [0.4, 0.5) is 4.39 Å². The Kier molecular flexibility index (Phi) is 5.22. The van der Waals surface area contributed by atoms with E-state index in [1.54, 1.807) is 24.3 Å². The molecule has 3 atom stereocenters. The number of carbonyl (C=O) groups excluding carboxylic acids is 1. The van der Waals surface area contributed by atoms with Crippen molar-refractivity contribution in [1.82, 2.24) is 4.90 Å². The predicted octanol–water partition coefficient (Wildman–Crippen LogP) is 3.51. The van der Waals surface area contributed by atoms with Crippen LogP contribution in [0.5, 0.6) is 17.2 Å². The normalized spacial score (nSPS) is 24.1. The minimum absolute atomic E-state index is 0.0317. The summed E-state index contributed by atoms with van der Waals surface area (Å²) in [6.07, 6.45) is 1.67. The van der Waals surface area contributed by atoms with E-state index in [2.05, 4.69) is 4.90 Å². The number of halogens is 1. The molecule has 2 aliphatic rings. The van der Waals surface area contributed by atoms with Crippen LogP contribution in [-0.4, -0.2) is 48.6 Å². The summed E-state index contributed by atoms with van der Waals surface area (Å²) >= 11 is 0. The molecular weight excluding hydrogens is 361 g/mol. The Morgan fingerprint density at radius 2 is 1.82 bits per heavy atom. The number of fused-ring (bicyclic) bond motifs is 1. The van der Waals surface area contributed by atoms with Gasteiger partial charge in [-0.3, -0.25) is 9.69 Å². The first-order chi connectivity index (χ1) is 13.5. The molecule has 1 saturated heterocycles. The maximum atomic E-state index is 14.1. The smallest absolute Gasteiger partial charge is 0.197 e. The van der Waals surface area contributed by atoms with E-state index in [0.29, 0.717) is 29.7 Å². The van der Waals surface area contributed by atoms with Crippen LogP contribution >= 0.6 is 0 Å². The molecule has 1 heterocycles. The van der Waals surface area contributed by atoms with Crippen molar-refractivity contribution < 1.29 is 23.8 Å². The van der Waals surface area contributed by atoms with Crippen LogP contribution in [-0.2, 0) is 0 Å². The summed E-state index contributed by atoms with van der Waals surface area (Å²) < 4.78 is 25.3. The fourth-order valence-electron chi connectivity index (χ4n) is 4.44. The minimum Gasteiger partial charge on any atom is -0.508 e. The van der Waals surface area contributed by atoms with Crippen LogP contribution in [0, 0.1) is 17.7 Å². The van der Waals surface area contributed by atoms with Gasteiger partial charge < -0.3 is 14.6 Å². The summed E-state index contributed by atoms with van der Waals surface area (Å²) in [6, 6.07) is 11.1. The number of rotatable bonds is 6. The van der Waals surface area contributed by atoms with Gasteiger partial charge in [0.25, 0.3) is 0 Å². The molecule has 0 aromatic heterocycles. The zero-order valence-corrected chi connectivity index (χ0v) is 15.8. The molecule has 2 aromatic carbocycles. The van der Waals surface area contributed by atoms with Gasteiger partial charge in [0, 0.05) is 18.7 Å². The third-order valence-corrected chi connectivity index (χ3v) is 5.78. The summed E-state index contributed by atoms with van der Waals surface area (Å²) in [5.74, 6) is 1.32. The van der Waals surface area contributed by atoms with E-state index in [1.807, 2.05) is 0 Å². The maximum absolute atomic E-state index is 14.1. The molecule has 5 nitrogen and oxygen atoms in total. The van der Waals surface area contributed by atoms with Gasteiger partial charge in [-0.25, -0.2) is 4.39 Å². The highest BCUT2D eigenvalue weighted by atomic mass is 19.1. The van der Waals surface area contributed by atoms with Crippen LogP contribution in [0.15, 0.2) is 42.5 Å². The summed E-state index contributed by atoms with van der Waals surface area (Å²) in [4.78, 5) is 14.6. The molecule has 0 radical (unpaired) electrons. The molecule has 0 spiro atoms. The topological polar surface area (TPSA) is 59.0 Å². The summed E-state index contributed by atoms with van der Waals surface area (Å²) in [7, 11) is 1.51. The third-order valence-electron chi connectivity index (χ3n) is 5.78. The zero-order chi connectivity index (χ0) is 19.7. The van der Waals surface area contributed by atoms with Crippen LogP contribution in [0.25, 0.3) is 0 Å². The molecule has 0 amide bonds. The van der Waals surface area contributed by atoms with Crippen LogP contribution in [0.2, 0.25) is 0 Å². The molecule has 28 heavy (non-hydrogen) atoms. The van der Waals surface area contributed by atoms with E-state index in [9.17, 15) is 14.3 Å². The van der Waals surface area contributed by atoms with Gasteiger partial charge in [0.05, 0.1) is 19.8 Å². The number of phenols is 1. The number of aromatic hydroxyl groups is 1. The summed E-state index contributed by atoms with van der Waals surface area (Å²) in [5.41, 5.74) is 0.614. The fourth-order valence-corrected chi connectivity index (χ4v) is 4.44. The lowest BCUT2D eigenvalue weighted by molar-refractivity contribution is 0.0936. The minimum atomic E-state index is -0.405. The van der Waals surface area contributed by atoms with Gasteiger partial charge >= 0.3 is 0 Å². The second-order valence-electron chi connectivity index (χ2n) is 7.67. The van der Waals surface area contributed by atoms with Crippen molar-refractivity contribution in [1.29, 1.82) is 0 Å². The number of ketones is 1. The van der Waals surface area contributed by atoms with Gasteiger partial charge in [0.15, 0.2) is 23.1 Å². The highest BCUT2D eigenvalue weighted by Crippen LogP contribution is 2.41. The van der Waals surface area contributed by atoms with Crippen molar-refractivity contribution in [3.63, 3.8) is 0 Å². The van der Waals surface area contributed by atoms with Gasteiger partial charge in [-0.2, -0.15) is 0 Å². The highest BCUT2D eigenvalue weighted by molar-refractivity contribution is 5.97. The van der Waals surface area contributed by atoms with Gasteiger partial charge in [-0.15, -0.1) is 0 Å². The first kappa shape index (κ1) is 18.7. The SMILES string of the molecule is COc1cccc(F)c1O[C@H]1C[C@@H]2CN(CC(=O)c3ccc(O)cc3)C[C@@H]2C1. The lowest BCUT2D eigenvalue weighted by Gasteiger charge is -2.20. The zero-order valence-electron chi connectivity index (χ0n) is 15.8. The van der Waals surface area contributed by atoms with Gasteiger partial charge in [-0.05, 0) is 61.1 Å². The van der Waals surface area contributed by atoms with Crippen molar-refractivity contribution in [2.45, 2.75) is 18.9 Å². The van der Waals surface area contributed by atoms with Crippen molar-refractivity contribution >= 4 is 5.78 Å². The molecule has 4 rings (SSSR count). The highest BCUT2D eigenvalue weighted by Gasteiger charge is 2.42. The molecule has 1 saturated carbocycles. The number of methoxy groups -OCH3 is 1. The predicted molar refractivity (Wildman–Crippen MR) is 102 cm³/mol. The van der Waals surface area contributed by atoms with Crippen LogP contribution in [0.1, 0.15) is 23.2 Å². The number of nitrogens with zero attached hydrogens (tertiary/aromatic N) is 1. The van der Waals surface area contributed by atoms with E-state index < -0.39 is 5.82 Å². The number of ether oxygens (including phenoxy) is 2. The lowest BCUT2D eigenvalue weighted by Crippen LogP contribution is -2.30. The number of para-hydroxylation sites is 1. The van der Waals surface area contributed by atoms with E-state index in [1.165, 1.54) is 25.3 Å². The second-order valence-corrected chi connectivity index (χ2v) is 7.67. The number of hydrogen-bond acceptors (Lipinski definition) is 5. The van der Waals surface area contributed by atoms with E-state index in [4.69, 9.17) is 9.47 Å². The Hall–Kier alpha value is -2.60. The number of hydrogen-bond donors (Lipinski definition) is 1. The third kappa shape index (κ3) is 3.83. The van der Waals surface area contributed by atoms with Crippen LogP contribution < -0.4 is 9.47 Å². The van der Waals surface area contributed by atoms with Gasteiger partial charge in [0.2, 0.25) is 0 Å². The Morgan fingerprint density at radius 1 is 1.14 bits per heavy atom. The van der Waals surface area contributed by atoms with E-state index in [-0.39, 0.29) is 23.4 Å². The van der Waals surface area contributed by atoms with Crippen molar-refractivity contribution in [3.8, 4) is 17.2 Å². The molecular formula is C22H24FNO4. The molecule has 2 aromatic rings. The quantitative estimate of drug-likeness (QED) is 0.771. The number of Topliss-reactive ketones (excluding diaryl/α,β-unsaturated/α-hetero) is 1. The lowest BCUT2D eigenvalue weighted by atomic mass is 10.0. The number of carbonyl (C=O) groups is 1. The molecule has 1 N–H and O–H groups in total.